The van der Waals surface area contributed by atoms with Gasteiger partial charge in [-0.25, -0.2) is 9.97 Å². The number of hydrogen-bond acceptors (Lipinski definition) is 6. The number of rotatable bonds is 2. The molecule has 0 radical (unpaired) electrons. The van der Waals surface area contributed by atoms with E-state index in [2.05, 4.69) is 20.2 Å². The summed E-state index contributed by atoms with van der Waals surface area (Å²) in [4.78, 5) is 9.48. The van der Waals surface area contributed by atoms with Crippen molar-refractivity contribution in [1.82, 2.24) is 24.7 Å². The molecule has 3 aromatic heterocycles. The van der Waals surface area contributed by atoms with Gasteiger partial charge in [0.25, 0.3) is 0 Å². The highest BCUT2D eigenvalue weighted by molar-refractivity contribution is 7.17. The number of halogens is 1. The van der Waals surface area contributed by atoms with Crippen LogP contribution in [0, 0.1) is 11.3 Å². The Bertz CT molecular complexity index is 1040. The predicted molar refractivity (Wildman–Crippen MR) is 87.5 cm³/mol. The molecular weight excluding hydrogens is 332 g/mol. The molecule has 4 aromatic rings. The number of nitrogens with zero attached hydrogens (tertiary/aromatic N) is 6. The van der Waals surface area contributed by atoms with Crippen LogP contribution in [0.4, 0.5) is 0 Å². The van der Waals surface area contributed by atoms with E-state index in [-0.39, 0.29) is 5.82 Å². The number of fused-ring (bicyclic) bond motifs is 1. The molecule has 1 aromatic carbocycles. The minimum atomic E-state index is 0.179. The van der Waals surface area contributed by atoms with E-state index >= 15 is 0 Å². The van der Waals surface area contributed by atoms with Gasteiger partial charge in [0.15, 0.2) is 5.82 Å². The third-order valence-electron chi connectivity index (χ3n) is 3.38. The molecule has 23 heavy (non-hydrogen) atoms. The van der Waals surface area contributed by atoms with Crippen LogP contribution >= 0.6 is 22.9 Å². The Morgan fingerprint density at radius 3 is 2.78 bits per heavy atom. The first-order chi connectivity index (χ1) is 11.3. The lowest BCUT2D eigenvalue weighted by molar-refractivity contribution is 0.970. The molecule has 4 rings (SSSR count). The van der Waals surface area contributed by atoms with Crippen molar-refractivity contribution in [2.24, 2.45) is 0 Å². The van der Waals surface area contributed by atoms with Crippen LogP contribution in [0.25, 0.3) is 27.2 Å². The van der Waals surface area contributed by atoms with E-state index in [1.807, 2.05) is 35.7 Å². The van der Waals surface area contributed by atoms with Gasteiger partial charge in [0.05, 0.1) is 5.39 Å². The van der Waals surface area contributed by atoms with Crippen molar-refractivity contribution in [3.05, 3.63) is 53.1 Å². The molecule has 0 unspecified atom stereocenters. The van der Waals surface area contributed by atoms with Crippen molar-refractivity contribution in [1.29, 1.82) is 5.26 Å². The van der Waals surface area contributed by atoms with Crippen LogP contribution in [0.2, 0.25) is 5.02 Å². The predicted octanol–water partition coefficient (Wildman–Crippen LogP) is 3.46. The summed E-state index contributed by atoms with van der Waals surface area (Å²) in [6.45, 7) is 0. The summed E-state index contributed by atoms with van der Waals surface area (Å²) in [5.41, 5.74) is 1.98. The van der Waals surface area contributed by atoms with Crippen molar-refractivity contribution < 1.29 is 0 Å². The number of nitriles is 1. The summed E-state index contributed by atoms with van der Waals surface area (Å²) in [7, 11) is 0. The lowest BCUT2D eigenvalue weighted by atomic mass is 10.1. The fourth-order valence-corrected chi connectivity index (χ4v) is 3.39. The molecule has 0 saturated heterocycles. The maximum Gasteiger partial charge on any atom is 0.240 e. The summed E-state index contributed by atoms with van der Waals surface area (Å²) < 4.78 is 1.57. The highest BCUT2D eigenvalue weighted by Crippen LogP contribution is 2.36. The van der Waals surface area contributed by atoms with Crippen LogP contribution < -0.4 is 0 Å². The highest BCUT2D eigenvalue weighted by Gasteiger charge is 2.16. The zero-order valence-electron chi connectivity index (χ0n) is 11.5. The largest absolute Gasteiger partial charge is 0.256 e. The van der Waals surface area contributed by atoms with E-state index < -0.39 is 0 Å². The second-order valence-corrected chi connectivity index (χ2v) is 5.96. The molecule has 0 saturated carbocycles. The topological polar surface area (TPSA) is 80.3 Å². The van der Waals surface area contributed by atoms with E-state index in [1.54, 1.807) is 4.57 Å². The molecular formula is C15H7ClN6S. The second-order valence-electron chi connectivity index (χ2n) is 4.67. The lowest BCUT2D eigenvalue weighted by Gasteiger charge is -2.06. The highest BCUT2D eigenvalue weighted by atomic mass is 35.5. The minimum Gasteiger partial charge on any atom is -0.256 e. The normalized spacial score (nSPS) is 10.8. The first-order valence-electron chi connectivity index (χ1n) is 6.56. The Hall–Kier alpha value is -2.82. The van der Waals surface area contributed by atoms with Crippen molar-refractivity contribution in [2.75, 3.05) is 0 Å². The maximum atomic E-state index is 9.18. The van der Waals surface area contributed by atoms with Gasteiger partial charge < -0.3 is 0 Å². The Labute approximate surface area is 139 Å². The molecule has 0 bridgehead atoms. The Morgan fingerprint density at radius 2 is 2.00 bits per heavy atom. The Morgan fingerprint density at radius 1 is 1.17 bits per heavy atom. The average Bonchev–Trinajstić information content (AvgIpc) is 3.22. The number of thiophene rings is 1. The van der Waals surface area contributed by atoms with Crippen molar-refractivity contribution >= 4 is 33.2 Å². The Balaban J connectivity index is 2.02. The summed E-state index contributed by atoms with van der Waals surface area (Å²) in [6, 6.07) is 9.57. The molecule has 0 fully saturated rings. The molecule has 3 heterocycles. The molecule has 8 heteroatoms. The molecule has 6 nitrogen and oxygen atoms in total. The smallest absolute Gasteiger partial charge is 0.240 e. The van der Waals surface area contributed by atoms with Crippen molar-refractivity contribution in [3.8, 4) is 23.0 Å². The Kier molecular flexibility index (Phi) is 3.26. The fraction of sp³-hybridized carbons (Fsp3) is 0. The maximum absolute atomic E-state index is 9.18. The third kappa shape index (κ3) is 2.25. The summed E-state index contributed by atoms with van der Waals surface area (Å²) in [5, 5.41) is 20.3. The zero-order valence-corrected chi connectivity index (χ0v) is 13.1. The van der Waals surface area contributed by atoms with Crippen molar-refractivity contribution in [3.63, 3.8) is 0 Å². The first kappa shape index (κ1) is 13.8. The van der Waals surface area contributed by atoms with Gasteiger partial charge in [-0.3, -0.25) is 4.57 Å². The third-order valence-corrected chi connectivity index (χ3v) is 4.52. The van der Waals surface area contributed by atoms with Crippen LogP contribution in [0.3, 0.4) is 0 Å². The molecule has 0 N–H and O–H groups in total. The van der Waals surface area contributed by atoms with Crippen molar-refractivity contribution in [2.45, 2.75) is 0 Å². The molecule has 0 aliphatic carbocycles. The van der Waals surface area contributed by atoms with Crippen LogP contribution in [-0.2, 0) is 0 Å². The second kappa shape index (κ2) is 5.43. The van der Waals surface area contributed by atoms with Gasteiger partial charge in [-0.05, 0) is 17.7 Å². The quantitative estimate of drug-likeness (QED) is 0.559. The molecule has 0 aliphatic rings. The molecule has 0 amide bonds. The number of aromatic nitrogens is 5. The van der Waals surface area contributed by atoms with Gasteiger partial charge in [0.1, 0.15) is 23.6 Å². The molecule has 0 spiro atoms. The molecule has 0 aliphatic heterocycles. The minimum absolute atomic E-state index is 0.179. The van der Waals surface area contributed by atoms with Gasteiger partial charge >= 0.3 is 0 Å². The van der Waals surface area contributed by atoms with E-state index in [4.69, 9.17) is 11.6 Å². The average molecular weight is 339 g/mol. The van der Waals surface area contributed by atoms with Crippen LogP contribution in [0.1, 0.15) is 5.82 Å². The van der Waals surface area contributed by atoms with E-state index in [1.165, 1.54) is 24.0 Å². The van der Waals surface area contributed by atoms with Gasteiger partial charge in [-0.1, -0.05) is 23.7 Å². The van der Waals surface area contributed by atoms with Gasteiger partial charge in [-0.15, -0.1) is 21.5 Å². The van der Waals surface area contributed by atoms with Crippen LogP contribution in [0.15, 0.2) is 42.3 Å². The summed E-state index contributed by atoms with van der Waals surface area (Å²) >= 11 is 7.48. The SMILES string of the molecule is N#Cc1nncn1-c1ncnc2scc(-c3ccc(Cl)cc3)c12. The van der Waals surface area contributed by atoms with E-state index in [9.17, 15) is 5.26 Å². The number of benzene rings is 1. The molecule has 0 atom stereocenters. The summed E-state index contributed by atoms with van der Waals surface area (Å²) in [6.07, 6.45) is 2.95. The fourth-order valence-electron chi connectivity index (χ4n) is 2.35. The number of hydrogen-bond donors (Lipinski definition) is 0. The van der Waals surface area contributed by atoms with Crippen LogP contribution in [-0.4, -0.2) is 24.7 Å². The van der Waals surface area contributed by atoms with E-state index in [0.29, 0.717) is 10.8 Å². The monoisotopic (exact) mass is 338 g/mol. The lowest BCUT2D eigenvalue weighted by Crippen LogP contribution is -2.01. The van der Waals surface area contributed by atoms with E-state index in [0.717, 1.165) is 21.3 Å². The standard InChI is InChI=1S/C15H7ClN6S/c16-10-3-1-9(2-4-10)11-6-23-15-13(11)14(18-7-19-15)22-8-20-21-12(22)5-17/h1-4,6-8H. The van der Waals surface area contributed by atoms with Crippen LogP contribution in [0.5, 0.6) is 0 Å². The van der Waals surface area contributed by atoms with Gasteiger partial charge in [0, 0.05) is 16.0 Å². The van der Waals surface area contributed by atoms with Gasteiger partial charge in [-0.2, -0.15) is 5.26 Å². The van der Waals surface area contributed by atoms with Gasteiger partial charge in [0.2, 0.25) is 5.82 Å². The molecule has 110 valence electrons. The summed E-state index contributed by atoms with van der Waals surface area (Å²) in [5.74, 6) is 0.765. The zero-order chi connectivity index (χ0) is 15.8. The first-order valence-corrected chi connectivity index (χ1v) is 7.82.